The summed E-state index contributed by atoms with van der Waals surface area (Å²) < 4.78 is 0. The second-order valence-corrected chi connectivity index (χ2v) is 5.90. The van der Waals surface area contributed by atoms with E-state index in [0.717, 1.165) is 6.54 Å². The molecular formula is C13H17Cl2N. The number of nitrogens with one attached hydrogen (secondary N) is 1. The number of hydrogen-bond donors (Lipinski definition) is 1. The van der Waals surface area contributed by atoms with E-state index in [1.165, 1.54) is 18.4 Å². The average Bonchev–Trinajstić information content (AvgIpc) is 2.98. The van der Waals surface area contributed by atoms with Crippen molar-refractivity contribution in [2.24, 2.45) is 5.41 Å². The summed E-state index contributed by atoms with van der Waals surface area (Å²) in [5.41, 5.74) is 1.73. The van der Waals surface area contributed by atoms with Crippen LogP contribution < -0.4 is 5.32 Å². The van der Waals surface area contributed by atoms with E-state index in [9.17, 15) is 0 Å². The fourth-order valence-corrected chi connectivity index (χ4v) is 2.00. The second-order valence-electron chi connectivity index (χ2n) is 5.09. The molecule has 1 aromatic rings. The summed E-state index contributed by atoms with van der Waals surface area (Å²) >= 11 is 11.9. The molecule has 1 fully saturated rings. The van der Waals surface area contributed by atoms with Crippen molar-refractivity contribution in [3.05, 3.63) is 33.8 Å². The molecule has 0 bridgehead atoms. The molecule has 0 spiro atoms. The zero-order valence-electron chi connectivity index (χ0n) is 9.69. The van der Waals surface area contributed by atoms with Gasteiger partial charge in [-0.2, -0.15) is 0 Å². The quantitative estimate of drug-likeness (QED) is 0.841. The van der Waals surface area contributed by atoms with Gasteiger partial charge in [0.05, 0.1) is 10.0 Å². The molecule has 2 rings (SSSR count). The Morgan fingerprint density at radius 1 is 1.31 bits per heavy atom. The van der Waals surface area contributed by atoms with Crippen molar-refractivity contribution in [1.29, 1.82) is 0 Å². The molecule has 16 heavy (non-hydrogen) atoms. The zero-order chi connectivity index (χ0) is 11.8. The first-order chi connectivity index (χ1) is 7.50. The Morgan fingerprint density at radius 2 is 2.00 bits per heavy atom. The van der Waals surface area contributed by atoms with E-state index in [0.29, 0.717) is 21.5 Å². The minimum atomic E-state index is 0.326. The van der Waals surface area contributed by atoms with Gasteiger partial charge in [0.2, 0.25) is 0 Å². The van der Waals surface area contributed by atoms with Crippen LogP contribution in [0.25, 0.3) is 0 Å². The normalized spacial score (nSPS) is 19.5. The van der Waals surface area contributed by atoms with Crippen LogP contribution in [0.2, 0.25) is 10.0 Å². The molecule has 3 heteroatoms. The maximum atomic E-state index is 6.00. The highest BCUT2D eigenvalue weighted by Gasteiger charge is 2.36. The summed E-state index contributed by atoms with van der Waals surface area (Å²) in [4.78, 5) is 0. The van der Waals surface area contributed by atoms with Crippen molar-refractivity contribution < 1.29 is 0 Å². The van der Waals surface area contributed by atoms with Gasteiger partial charge in [0, 0.05) is 12.6 Å². The summed E-state index contributed by atoms with van der Waals surface area (Å²) in [7, 11) is 0. The Bertz CT molecular complexity index is 386. The lowest BCUT2D eigenvalue weighted by atomic mass is 10.1. The van der Waals surface area contributed by atoms with E-state index >= 15 is 0 Å². The van der Waals surface area contributed by atoms with Gasteiger partial charge in [0.25, 0.3) is 0 Å². The summed E-state index contributed by atoms with van der Waals surface area (Å²) in [5, 5.41) is 4.79. The van der Waals surface area contributed by atoms with Gasteiger partial charge in [0.15, 0.2) is 0 Å². The van der Waals surface area contributed by atoms with Crippen LogP contribution in [-0.2, 0) is 0 Å². The maximum absolute atomic E-state index is 6.00. The topological polar surface area (TPSA) is 12.0 Å². The highest BCUT2D eigenvalue weighted by Crippen LogP contribution is 2.44. The molecule has 1 aliphatic rings. The van der Waals surface area contributed by atoms with Gasteiger partial charge in [-0.25, -0.2) is 0 Å². The van der Waals surface area contributed by atoms with Crippen molar-refractivity contribution >= 4 is 23.2 Å². The molecule has 0 aliphatic heterocycles. The second kappa shape index (κ2) is 4.56. The smallest absolute Gasteiger partial charge is 0.0595 e. The first-order valence-electron chi connectivity index (χ1n) is 5.68. The number of rotatable bonds is 4. The first-order valence-corrected chi connectivity index (χ1v) is 6.44. The third-order valence-corrected chi connectivity index (χ3v) is 4.12. The fourth-order valence-electron chi connectivity index (χ4n) is 1.69. The lowest BCUT2D eigenvalue weighted by Crippen LogP contribution is -2.25. The molecular weight excluding hydrogens is 241 g/mol. The summed E-state index contributed by atoms with van der Waals surface area (Å²) in [5.74, 6) is 0. The number of hydrogen-bond acceptors (Lipinski definition) is 1. The van der Waals surface area contributed by atoms with E-state index in [1.54, 1.807) is 0 Å². The van der Waals surface area contributed by atoms with Crippen molar-refractivity contribution in [3.8, 4) is 0 Å². The zero-order valence-corrected chi connectivity index (χ0v) is 11.2. The summed E-state index contributed by atoms with van der Waals surface area (Å²) in [6.45, 7) is 5.56. The molecule has 0 saturated heterocycles. The van der Waals surface area contributed by atoms with E-state index in [2.05, 4.69) is 19.2 Å². The Hall–Kier alpha value is -0.240. The molecule has 1 nitrogen and oxygen atoms in total. The summed E-state index contributed by atoms with van der Waals surface area (Å²) in [6.07, 6.45) is 2.68. The highest BCUT2D eigenvalue weighted by molar-refractivity contribution is 6.42. The molecule has 1 atom stereocenters. The van der Waals surface area contributed by atoms with Gasteiger partial charge in [-0.1, -0.05) is 36.2 Å². The molecule has 1 aromatic carbocycles. The maximum Gasteiger partial charge on any atom is 0.0595 e. The van der Waals surface area contributed by atoms with E-state index in [4.69, 9.17) is 23.2 Å². The van der Waals surface area contributed by atoms with Crippen LogP contribution in [0.3, 0.4) is 0 Å². The minimum Gasteiger partial charge on any atom is -0.310 e. The van der Waals surface area contributed by atoms with Gasteiger partial charge < -0.3 is 5.32 Å². The molecule has 0 heterocycles. The van der Waals surface area contributed by atoms with Gasteiger partial charge in [-0.3, -0.25) is 0 Å². The molecule has 88 valence electrons. The van der Waals surface area contributed by atoms with Gasteiger partial charge in [-0.05, 0) is 42.9 Å². The van der Waals surface area contributed by atoms with Crippen LogP contribution in [0.15, 0.2) is 18.2 Å². The van der Waals surface area contributed by atoms with Gasteiger partial charge in [0.1, 0.15) is 0 Å². The van der Waals surface area contributed by atoms with Crippen molar-refractivity contribution in [2.75, 3.05) is 6.54 Å². The van der Waals surface area contributed by atoms with Crippen molar-refractivity contribution in [3.63, 3.8) is 0 Å². The van der Waals surface area contributed by atoms with Crippen molar-refractivity contribution in [1.82, 2.24) is 5.32 Å². The average molecular weight is 258 g/mol. The van der Waals surface area contributed by atoms with Crippen molar-refractivity contribution in [2.45, 2.75) is 32.7 Å². The lowest BCUT2D eigenvalue weighted by Gasteiger charge is -2.17. The number of halogens is 2. The van der Waals surface area contributed by atoms with E-state index < -0.39 is 0 Å². The molecule has 0 radical (unpaired) electrons. The Morgan fingerprint density at radius 3 is 2.56 bits per heavy atom. The van der Waals surface area contributed by atoms with Crippen LogP contribution in [0.5, 0.6) is 0 Å². The minimum absolute atomic E-state index is 0.326. The van der Waals surface area contributed by atoms with Crippen LogP contribution in [-0.4, -0.2) is 6.54 Å². The largest absolute Gasteiger partial charge is 0.310 e. The Labute approximate surface area is 107 Å². The third-order valence-electron chi connectivity index (χ3n) is 3.38. The van der Waals surface area contributed by atoms with Crippen LogP contribution in [0, 0.1) is 5.41 Å². The van der Waals surface area contributed by atoms with Crippen LogP contribution in [0.1, 0.15) is 38.3 Å². The first kappa shape index (κ1) is 12.2. The van der Waals surface area contributed by atoms with Crippen LogP contribution >= 0.6 is 23.2 Å². The third kappa shape index (κ3) is 2.91. The van der Waals surface area contributed by atoms with E-state index in [1.807, 2.05) is 18.2 Å². The molecule has 1 saturated carbocycles. The van der Waals surface area contributed by atoms with Crippen LogP contribution in [0.4, 0.5) is 0 Å². The fraction of sp³-hybridized carbons (Fsp3) is 0.538. The number of benzene rings is 1. The van der Waals surface area contributed by atoms with E-state index in [-0.39, 0.29) is 0 Å². The Kier molecular flexibility index (Phi) is 3.48. The molecule has 1 N–H and O–H groups in total. The lowest BCUT2D eigenvalue weighted by molar-refractivity contribution is 0.457. The molecule has 1 aliphatic carbocycles. The van der Waals surface area contributed by atoms with Gasteiger partial charge in [-0.15, -0.1) is 0 Å². The summed E-state index contributed by atoms with van der Waals surface area (Å²) in [6, 6.07) is 6.15. The predicted molar refractivity (Wildman–Crippen MR) is 70.2 cm³/mol. The molecule has 1 unspecified atom stereocenters. The monoisotopic (exact) mass is 257 g/mol. The molecule has 0 amide bonds. The SMILES string of the molecule is CC(NCC1(C)CC1)c1ccc(Cl)c(Cl)c1. The van der Waals surface area contributed by atoms with Gasteiger partial charge >= 0.3 is 0 Å². The standard InChI is InChI=1S/C13H17Cl2N/c1-9(16-8-13(2)5-6-13)10-3-4-11(14)12(15)7-10/h3-4,7,9,16H,5-6,8H2,1-2H3. The highest BCUT2D eigenvalue weighted by atomic mass is 35.5. The predicted octanol–water partition coefficient (Wildman–Crippen LogP) is 4.44. The molecule has 0 aromatic heterocycles. The Balaban J connectivity index is 1.97.